The maximum atomic E-state index is 12.2. The Morgan fingerprint density at radius 1 is 1.26 bits per heavy atom. The van der Waals surface area contributed by atoms with E-state index < -0.39 is 5.54 Å². The number of carbonyl (C=O) groups excluding carboxylic acids is 1. The molecule has 0 unspecified atom stereocenters. The van der Waals surface area contributed by atoms with Crippen LogP contribution in [-0.4, -0.2) is 37.0 Å². The van der Waals surface area contributed by atoms with E-state index in [0.717, 1.165) is 24.1 Å². The van der Waals surface area contributed by atoms with Crippen molar-refractivity contribution in [3.05, 3.63) is 29.8 Å². The number of nitrogens with two attached hydrogens (primary N) is 1. The summed E-state index contributed by atoms with van der Waals surface area (Å²) in [4.78, 5) is 16.1. The number of anilines is 1. The minimum absolute atomic E-state index is 0.0895. The van der Waals surface area contributed by atoms with Gasteiger partial charge in [0.2, 0.25) is 5.91 Å². The van der Waals surface area contributed by atoms with Gasteiger partial charge in [-0.25, -0.2) is 0 Å². The molecule has 0 aliphatic heterocycles. The standard InChI is InChI=1S/C15H23N3O/c1-4-18(14(19)15(16)9-10-15)11-12-5-7-13(8-6-12)17(2)3/h5-8H,4,9-11,16H2,1-3H3. The number of amides is 1. The summed E-state index contributed by atoms with van der Waals surface area (Å²) < 4.78 is 0. The first-order chi connectivity index (χ1) is 8.96. The molecule has 0 spiro atoms. The SMILES string of the molecule is CCN(Cc1ccc(N(C)C)cc1)C(=O)C1(N)CC1. The molecular formula is C15H23N3O. The minimum Gasteiger partial charge on any atom is -0.378 e. The van der Waals surface area contributed by atoms with Crippen LogP contribution in [0.25, 0.3) is 0 Å². The van der Waals surface area contributed by atoms with E-state index >= 15 is 0 Å². The molecular weight excluding hydrogens is 238 g/mol. The lowest BCUT2D eigenvalue weighted by molar-refractivity contribution is -0.134. The van der Waals surface area contributed by atoms with E-state index in [2.05, 4.69) is 29.2 Å². The number of hydrogen-bond acceptors (Lipinski definition) is 3. The fourth-order valence-corrected chi connectivity index (χ4v) is 2.11. The maximum absolute atomic E-state index is 12.2. The molecule has 19 heavy (non-hydrogen) atoms. The molecule has 1 aliphatic rings. The zero-order valence-corrected chi connectivity index (χ0v) is 12.0. The molecule has 0 atom stereocenters. The van der Waals surface area contributed by atoms with Gasteiger partial charge in [0.1, 0.15) is 0 Å². The molecule has 0 aromatic heterocycles. The Morgan fingerprint density at radius 3 is 2.26 bits per heavy atom. The number of likely N-dealkylation sites (N-methyl/N-ethyl adjacent to an activating group) is 1. The average molecular weight is 261 g/mol. The van der Waals surface area contributed by atoms with E-state index in [1.54, 1.807) is 0 Å². The topological polar surface area (TPSA) is 49.6 Å². The normalized spacial score (nSPS) is 16.0. The summed E-state index contributed by atoms with van der Waals surface area (Å²) in [6, 6.07) is 8.29. The number of hydrogen-bond donors (Lipinski definition) is 1. The molecule has 1 amide bonds. The number of rotatable bonds is 5. The van der Waals surface area contributed by atoms with Crippen molar-refractivity contribution in [1.82, 2.24) is 4.90 Å². The van der Waals surface area contributed by atoms with Gasteiger partial charge in [-0.2, -0.15) is 0 Å². The van der Waals surface area contributed by atoms with Crippen molar-refractivity contribution in [3.63, 3.8) is 0 Å². The second kappa shape index (κ2) is 5.21. The van der Waals surface area contributed by atoms with E-state index in [1.165, 1.54) is 0 Å². The van der Waals surface area contributed by atoms with Crippen LogP contribution in [0.4, 0.5) is 5.69 Å². The minimum atomic E-state index is -0.570. The highest BCUT2D eigenvalue weighted by atomic mass is 16.2. The fourth-order valence-electron chi connectivity index (χ4n) is 2.11. The molecule has 1 aliphatic carbocycles. The second-order valence-electron chi connectivity index (χ2n) is 5.54. The molecule has 1 saturated carbocycles. The summed E-state index contributed by atoms with van der Waals surface area (Å²) in [5.41, 5.74) is 7.72. The number of benzene rings is 1. The molecule has 0 bridgehead atoms. The summed E-state index contributed by atoms with van der Waals surface area (Å²) in [7, 11) is 4.03. The van der Waals surface area contributed by atoms with Gasteiger partial charge in [0.15, 0.2) is 0 Å². The Balaban J connectivity index is 2.04. The van der Waals surface area contributed by atoms with Crippen LogP contribution in [-0.2, 0) is 11.3 Å². The first kappa shape index (κ1) is 13.9. The van der Waals surface area contributed by atoms with Crippen molar-refractivity contribution >= 4 is 11.6 Å². The first-order valence-corrected chi connectivity index (χ1v) is 6.81. The van der Waals surface area contributed by atoms with Crippen LogP contribution < -0.4 is 10.6 Å². The van der Waals surface area contributed by atoms with Gasteiger partial charge < -0.3 is 15.5 Å². The zero-order valence-electron chi connectivity index (χ0n) is 12.0. The van der Waals surface area contributed by atoms with Crippen LogP contribution in [0.15, 0.2) is 24.3 Å². The van der Waals surface area contributed by atoms with E-state index in [0.29, 0.717) is 13.1 Å². The largest absolute Gasteiger partial charge is 0.378 e. The highest BCUT2D eigenvalue weighted by Crippen LogP contribution is 2.34. The lowest BCUT2D eigenvalue weighted by atomic mass is 10.1. The van der Waals surface area contributed by atoms with Gasteiger partial charge in [0.05, 0.1) is 5.54 Å². The average Bonchev–Trinajstić information content (AvgIpc) is 3.15. The molecule has 0 radical (unpaired) electrons. The third kappa shape index (κ3) is 3.07. The Bertz CT molecular complexity index is 449. The van der Waals surface area contributed by atoms with Crippen molar-refractivity contribution < 1.29 is 4.79 Å². The molecule has 1 aromatic carbocycles. The number of nitrogens with zero attached hydrogens (tertiary/aromatic N) is 2. The van der Waals surface area contributed by atoms with Crippen molar-refractivity contribution in [1.29, 1.82) is 0 Å². The fraction of sp³-hybridized carbons (Fsp3) is 0.533. The third-order valence-electron chi connectivity index (χ3n) is 3.71. The van der Waals surface area contributed by atoms with Crippen molar-refractivity contribution in [2.24, 2.45) is 5.73 Å². The predicted molar refractivity (Wildman–Crippen MR) is 78.0 cm³/mol. The van der Waals surface area contributed by atoms with Gasteiger partial charge in [0, 0.05) is 32.9 Å². The van der Waals surface area contributed by atoms with E-state index in [4.69, 9.17) is 5.73 Å². The van der Waals surface area contributed by atoms with Crippen LogP contribution in [0.5, 0.6) is 0 Å². The summed E-state index contributed by atoms with van der Waals surface area (Å²) in [6.07, 6.45) is 1.64. The summed E-state index contributed by atoms with van der Waals surface area (Å²) in [5, 5.41) is 0. The van der Waals surface area contributed by atoms with Gasteiger partial charge in [0.25, 0.3) is 0 Å². The van der Waals surface area contributed by atoms with Crippen molar-refractivity contribution in [2.45, 2.75) is 31.8 Å². The molecule has 4 nitrogen and oxygen atoms in total. The summed E-state index contributed by atoms with van der Waals surface area (Å²) >= 11 is 0. The van der Waals surface area contributed by atoms with Crippen LogP contribution in [0.3, 0.4) is 0 Å². The van der Waals surface area contributed by atoms with Crippen LogP contribution in [0.1, 0.15) is 25.3 Å². The molecule has 4 heteroatoms. The zero-order chi connectivity index (χ0) is 14.0. The van der Waals surface area contributed by atoms with E-state index in [9.17, 15) is 4.79 Å². The Morgan fingerprint density at radius 2 is 1.84 bits per heavy atom. The third-order valence-corrected chi connectivity index (χ3v) is 3.71. The van der Waals surface area contributed by atoms with Gasteiger partial charge in [-0.3, -0.25) is 4.79 Å². The molecule has 0 heterocycles. The predicted octanol–water partition coefficient (Wildman–Crippen LogP) is 1.59. The molecule has 2 rings (SSSR count). The maximum Gasteiger partial charge on any atom is 0.242 e. The lowest BCUT2D eigenvalue weighted by Crippen LogP contribution is -2.45. The van der Waals surface area contributed by atoms with Crippen LogP contribution in [0, 0.1) is 0 Å². The smallest absolute Gasteiger partial charge is 0.242 e. The summed E-state index contributed by atoms with van der Waals surface area (Å²) in [5.74, 6) is 0.0895. The monoisotopic (exact) mass is 261 g/mol. The Kier molecular flexibility index (Phi) is 3.80. The molecule has 104 valence electrons. The first-order valence-electron chi connectivity index (χ1n) is 6.81. The lowest BCUT2D eigenvalue weighted by Gasteiger charge is -2.24. The Hall–Kier alpha value is -1.55. The van der Waals surface area contributed by atoms with Crippen molar-refractivity contribution in [3.8, 4) is 0 Å². The highest BCUT2D eigenvalue weighted by molar-refractivity contribution is 5.89. The quantitative estimate of drug-likeness (QED) is 0.875. The van der Waals surface area contributed by atoms with Crippen LogP contribution >= 0.6 is 0 Å². The molecule has 0 saturated heterocycles. The molecule has 1 aromatic rings. The second-order valence-corrected chi connectivity index (χ2v) is 5.54. The number of carbonyl (C=O) groups is 1. The highest BCUT2D eigenvalue weighted by Gasteiger charge is 2.47. The van der Waals surface area contributed by atoms with E-state index in [-0.39, 0.29) is 5.91 Å². The van der Waals surface area contributed by atoms with Gasteiger partial charge in [-0.1, -0.05) is 12.1 Å². The van der Waals surface area contributed by atoms with Crippen molar-refractivity contribution in [2.75, 3.05) is 25.5 Å². The van der Waals surface area contributed by atoms with Gasteiger partial charge in [-0.05, 0) is 37.5 Å². The van der Waals surface area contributed by atoms with Crippen LogP contribution in [0.2, 0.25) is 0 Å². The van der Waals surface area contributed by atoms with Gasteiger partial charge in [-0.15, -0.1) is 0 Å². The summed E-state index contributed by atoms with van der Waals surface area (Å²) in [6.45, 7) is 3.34. The molecule has 1 fully saturated rings. The van der Waals surface area contributed by atoms with E-state index in [1.807, 2.05) is 25.9 Å². The Labute approximate surface area is 115 Å². The molecule has 2 N–H and O–H groups in total. The van der Waals surface area contributed by atoms with Gasteiger partial charge >= 0.3 is 0 Å².